The van der Waals surface area contributed by atoms with Crippen LogP contribution in [0.15, 0.2) is 24.3 Å². The van der Waals surface area contributed by atoms with E-state index in [0.29, 0.717) is 10.8 Å². The molecular weight excluding hydrogens is 401 g/mol. The molecule has 0 spiro atoms. The van der Waals surface area contributed by atoms with E-state index in [9.17, 15) is 0 Å². The fourth-order valence-electron chi connectivity index (χ4n) is 0.566. The third-order valence-electron chi connectivity index (χ3n) is 3.33. The Labute approximate surface area is 158 Å². The normalized spacial score (nSPS) is 9.68. The molecular formula is C19H38ClPPd. The van der Waals surface area contributed by atoms with Crippen LogP contribution in [0, 0.1) is 25.2 Å². The van der Waals surface area contributed by atoms with Crippen molar-refractivity contribution in [3.05, 3.63) is 37.3 Å². The van der Waals surface area contributed by atoms with Crippen LogP contribution in [-0.4, -0.2) is 0 Å². The van der Waals surface area contributed by atoms with E-state index in [2.05, 4.69) is 124 Å². The van der Waals surface area contributed by atoms with Crippen LogP contribution in [0.1, 0.15) is 67.4 Å². The maximum absolute atomic E-state index is 4.49. The predicted octanol–water partition coefficient (Wildman–Crippen LogP) is 7.13. The molecule has 3 heteroatoms. The number of hydrogen-bond donors (Lipinski definition) is 0. The zero-order chi connectivity index (χ0) is 17.7. The summed E-state index contributed by atoms with van der Waals surface area (Å²) >= 11 is 2.22. The van der Waals surface area contributed by atoms with Gasteiger partial charge in [-0.3, -0.25) is 0 Å². The van der Waals surface area contributed by atoms with E-state index in [0.717, 1.165) is 0 Å². The Bertz CT molecular complexity index is 288. The summed E-state index contributed by atoms with van der Waals surface area (Å²) in [6.45, 7) is 20.0. The van der Waals surface area contributed by atoms with Gasteiger partial charge in [-0.25, -0.2) is 0 Å². The summed E-state index contributed by atoms with van der Waals surface area (Å²) in [6, 6.07) is 8.37. The fraction of sp³-hybridized carbons (Fsp3) is 0.632. The molecule has 22 heavy (non-hydrogen) atoms. The summed E-state index contributed by atoms with van der Waals surface area (Å²) in [5, 5.41) is 1.25. The van der Waals surface area contributed by atoms with Crippen molar-refractivity contribution in [1.82, 2.24) is 0 Å². The van der Waals surface area contributed by atoms with Gasteiger partial charge in [0.2, 0.25) is 0 Å². The molecule has 0 amide bonds. The van der Waals surface area contributed by atoms with Gasteiger partial charge in [-0.2, -0.15) is 0 Å². The van der Waals surface area contributed by atoms with Crippen LogP contribution in [0.5, 0.6) is 0 Å². The Morgan fingerprint density at radius 2 is 1.09 bits per heavy atom. The van der Waals surface area contributed by atoms with Crippen molar-refractivity contribution in [2.45, 2.75) is 68.7 Å². The molecule has 0 N–H and O–H groups in total. The predicted molar refractivity (Wildman–Crippen MR) is 108 cm³/mol. The first-order valence-electron chi connectivity index (χ1n) is 7.39. The molecule has 1 rings (SSSR count). The molecule has 0 aliphatic carbocycles. The molecule has 0 bridgehead atoms. The number of hydrogen-bond acceptors (Lipinski definition) is 0. The van der Waals surface area contributed by atoms with Gasteiger partial charge in [-0.15, -0.1) is 9.24 Å². The molecule has 0 saturated carbocycles. The van der Waals surface area contributed by atoms with Gasteiger partial charge in [-0.05, 0) is 23.1 Å². The first kappa shape index (κ1) is 30.5. The maximum atomic E-state index is 4.49. The molecule has 0 nitrogen and oxygen atoms in total. The molecule has 1 unspecified atom stereocenters. The molecule has 0 fully saturated rings. The second kappa shape index (κ2) is 16.5. The van der Waals surface area contributed by atoms with Crippen LogP contribution < -0.4 is 5.30 Å². The Balaban J connectivity index is -0.000000110. The third-order valence-corrected chi connectivity index (χ3v) is 3.71. The zero-order valence-corrected chi connectivity index (χ0v) is 19.8. The van der Waals surface area contributed by atoms with Gasteiger partial charge in [0, 0.05) is 0 Å². The van der Waals surface area contributed by atoms with Gasteiger partial charge in [0.05, 0.1) is 0 Å². The van der Waals surface area contributed by atoms with Crippen LogP contribution >= 0.6 is 18.8 Å². The summed E-state index contributed by atoms with van der Waals surface area (Å²) in [7, 11) is 7.14. The molecule has 1 aromatic rings. The topological polar surface area (TPSA) is 0 Å². The number of aryl methyl sites for hydroxylation is 1. The van der Waals surface area contributed by atoms with Gasteiger partial charge < -0.3 is 7.43 Å². The van der Waals surface area contributed by atoms with Crippen molar-refractivity contribution >= 4 is 24.1 Å². The van der Waals surface area contributed by atoms with Crippen LogP contribution in [0.4, 0.5) is 0 Å². The van der Waals surface area contributed by atoms with Crippen molar-refractivity contribution in [3.63, 3.8) is 0 Å². The number of halogens is 1. The number of rotatable bonds is 0. The van der Waals surface area contributed by atoms with Crippen LogP contribution in [0.25, 0.3) is 0 Å². The Morgan fingerprint density at radius 3 is 1.23 bits per heavy atom. The van der Waals surface area contributed by atoms with Crippen LogP contribution in [-0.2, 0) is 18.2 Å². The summed E-state index contributed by atoms with van der Waals surface area (Å²) in [5.41, 5.74) is 2.19. The van der Waals surface area contributed by atoms with E-state index in [4.69, 9.17) is 0 Å². The molecule has 0 heterocycles. The molecule has 0 radical (unpaired) electrons. The van der Waals surface area contributed by atoms with Gasteiger partial charge in [0.15, 0.2) is 0 Å². The summed E-state index contributed by atoms with van der Waals surface area (Å²) in [4.78, 5) is 0. The molecule has 0 saturated heterocycles. The van der Waals surface area contributed by atoms with Crippen molar-refractivity contribution in [1.29, 1.82) is 0 Å². The molecule has 136 valence electrons. The first-order valence-corrected chi connectivity index (χ1v) is 9.97. The minimum absolute atomic E-state index is 0. The van der Waals surface area contributed by atoms with Crippen molar-refractivity contribution < 1.29 is 18.2 Å². The van der Waals surface area contributed by atoms with Crippen LogP contribution in [0.2, 0.25) is 0 Å². The van der Waals surface area contributed by atoms with Crippen LogP contribution in [0.3, 0.4) is 0 Å². The van der Waals surface area contributed by atoms with Crippen molar-refractivity contribution in [3.8, 4) is 0 Å². The first-order chi connectivity index (χ1) is 9.45. The molecule has 0 aromatic heterocycles. The van der Waals surface area contributed by atoms with Gasteiger partial charge in [-0.1, -0.05) is 91.6 Å². The summed E-state index contributed by atoms with van der Waals surface area (Å²) in [6.07, 6.45) is 1.25. The zero-order valence-electron chi connectivity index (χ0n) is 16.3. The monoisotopic (exact) mass is 438 g/mol. The van der Waals surface area contributed by atoms with E-state index < -0.39 is 0 Å². The SMILES string of the molecule is CC(C)(C)C(C)(C)C.CCC.Cc1ccc(P)cc1.[CH3-].[Cl][Pd+]. The number of benzene rings is 1. The van der Waals surface area contributed by atoms with Crippen molar-refractivity contribution in [2.24, 2.45) is 10.8 Å². The van der Waals surface area contributed by atoms with Gasteiger partial charge in [0.1, 0.15) is 0 Å². The van der Waals surface area contributed by atoms with Gasteiger partial charge >= 0.3 is 27.7 Å². The quantitative estimate of drug-likeness (QED) is 0.229. The second-order valence-electron chi connectivity index (χ2n) is 7.12. The summed E-state index contributed by atoms with van der Waals surface area (Å²) in [5.74, 6) is 0. The summed E-state index contributed by atoms with van der Waals surface area (Å²) < 4.78 is 0. The van der Waals surface area contributed by atoms with Gasteiger partial charge in [0.25, 0.3) is 0 Å². The van der Waals surface area contributed by atoms with E-state index in [-0.39, 0.29) is 7.43 Å². The molecule has 1 atom stereocenters. The Kier molecular flexibility index (Phi) is 22.8. The second-order valence-corrected chi connectivity index (χ2v) is 7.78. The fourth-order valence-corrected chi connectivity index (χ4v) is 0.759. The van der Waals surface area contributed by atoms with E-state index >= 15 is 0 Å². The Morgan fingerprint density at radius 1 is 0.864 bits per heavy atom. The average molecular weight is 439 g/mol. The molecule has 1 aromatic carbocycles. The van der Waals surface area contributed by atoms with E-state index in [1.54, 1.807) is 0 Å². The molecule has 0 aliphatic heterocycles. The standard InChI is InChI=1S/C8H18.C7H9P.C3H8.CH3.ClH.Pd/c1-7(2,3)8(4,5)6;1-6-2-4-7(8)5-3-6;1-3-2;;;/h1-6H3;2-5H,8H2,1H3;3H2,1-2H3;1H3;1H;/q;;;-1;;+2/p-1. The minimum atomic E-state index is 0. The Hall–Kier alpha value is 0.602. The van der Waals surface area contributed by atoms with Crippen molar-refractivity contribution in [2.75, 3.05) is 0 Å². The average Bonchev–Trinajstić information content (AvgIpc) is 2.35. The molecule has 0 aliphatic rings. The van der Waals surface area contributed by atoms with E-state index in [1.165, 1.54) is 17.3 Å². The van der Waals surface area contributed by atoms with E-state index in [1.807, 2.05) is 0 Å². The third kappa shape index (κ3) is 20.6.